The lowest BCUT2D eigenvalue weighted by molar-refractivity contribution is 0.590. The first kappa shape index (κ1) is 67.0. The Hall–Kier alpha value is -11.5. The van der Waals surface area contributed by atoms with Crippen LogP contribution in [0.4, 0.5) is 68.2 Å². The summed E-state index contributed by atoms with van der Waals surface area (Å²) in [5.41, 5.74) is 24.9. The third-order valence-corrected chi connectivity index (χ3v) is 21.4. The number of fused-ring (bicyclic) bond motifs is 4. The SMILES string of the molecule is Cc1cnc2ccccc2c1N(c1ccc(C(C)(C)C)cc1)c1cc(N(c2ccc(C(C)(C)C)cc2)c2c(C)cnc3ccccc23)c2ccc3c(N(c4ccc(C(C)(C)C)cc4)c4c(C)cnc5ccccc45)cc(N(c4ccc(C(C)(C)C)cc4)c4c(C)cnc5ccccc45)c4ccc1c2c43. The summed E-state index contributed by atoms with van der Waals surface area (Å²) >= 11 is 0. The highest BCUT2D eigenvalue weighted by molar-refractivity contribution is 6.34. The summed E-state index contributed by atoms with van der Waals surface area (Å²) in [6, 6.07) is 86.5. The van der Waals surface area contributed by atoms with Gasteiger partial charge in [-0.25, -0.2) is 0 Å². The minimum Gasteiger partial charge on any atom is -0.309 e. The van der Waals surface area contributed by atoms with Crippen molar-refractivity contribution in [2.24, 2.45) is 0 Å². The fourth-order valence-corrected chi connectivity index (χ4v) is 15.7. The average Bonchev–Trinajstić information content (AvgIpc) is 0.695. The number of hydrogen-bond acceptors (Lipinski definition) is 8. The molecule has 0 aliphatic carbocycles. The van der Waals surface area contributed by atoms with E-state index in [0.29, 0.717) is 0 Å². The van der Waals surface area contributed by atoms with Crippen LogP contribution in [0.25, 0.3) is 75.9 Å². The van der Waals surface area contributed by atoms with Gasteiger partial charge in [-0.1, -0.05) is 229 Å². The van der Waals surface area contributed by atoms with E-state index in [4.69, 9.17) is 19.9 Å². The molecular formula is C96H90N8. The van der Waals surface area contributed by atoms with E-state index in [0.717, 1.165) is 166 Å². The van der Waals surface area contributed by atoms with E-state index in [1.165, 1.54) is 22.3 Å². The van der Waals surface area contributed by atoms with Crippen LogP contribution in [0.5, 0.6) is 0 Å². The predicted molar refractivity (Wildman–Crippen MR) is 444 cm³/mol. The molecule has 0 amide bonds. The summed E-state index contributed by atoms with van der Waals surface area (Å²) in [7, 11) is 0. The van der Waals surface area contributed by atoms with Gasteiger partial charge in [-0.15, -0.1) is 0 Å². The highest BCUT2D eigenvalue weighted by Crippen LogP contribution is 2.58. The normalized spacial score (nSPS) is 12.4. The lowest BCUT2D eigenvalue weighted by Crippen LogP contribution is -2.18. The number of nitrogens with zero attached hydrogens (tertiary/aromatic N) is 8. The lowest BCUT2D eigenvalue weighted by atomic mass is 9.86. The molecular weight excluding hydrogens is 1270 g/mol. The van der Waals surface area contributed by atoms with Gasteiger partial charge in [0.25, 0.3) is 0 Å². The summed E-state index contributed by atoms with van der Waals surface area (Å²) in [6.07, 6.45) is 8.22. The number of pyridine rings is 4. The smallest absolute Gasteiger partial charge is 0.0723 e. The van der Waals surface area contributed by atoms with Crippen LogP contribution >= 0.6 is 0 Å². The molecule has 8 heteroatoms. The molecule has 0 saturated carbocycles. The van der Waals surface area contributed by atoms with Gasteiger partial charge in [-0.3, -0.25) is 19.9 Å². The number of para-hydroxylation sites is 4. The quantitative estimate of drug-likeness (QED) is 0.112. The van der Waals surface area contributed by atoms with E-state index < -0.39 is 0 Å². The molecule has 0 N–H and O–H groups in total. The molecule has 0 aliphatic heterocycles. The number of aromatic nitrogens is 4. The van der Waals surface area contributed by atoms with Crippen molar-refractivity contribution in [2.45, 2.75) is 132 Å². The first-order valence-corrected chi connectivity index (χ1v) is 36.6. The van der Waals surface area contributed by atoms with E-state index in [9.17, 15) is 0 Å². The van der Waals surface area contributed by atoms with Crippen LogP contribution < -0.4 is 19.6 Å². The van der Waals surface area contributed by atoms with Crippen LogP contribution in [-0.4, -0.2) is 19.9 Å². The van der Waals surface area contributed by atoms with E-state index >= 15 is 0 Å². The highest BCUT2D eigenvalue weighted by atomic mass is 15.2. The Labute approximate surface area is 612 Å². The molecule has 0 spiro atoms. The fourth-order valence-electron chi connectivity index (χ4n) is 15.7. The van der Waals surface area contributed by atoms with Crippen molar-refractivity contribution in [2.75, 3.05) is 19.6 Å². The first-order valence-electron chi connectivity index (χ1n) is 36.6. The molecule has 0 radical (unpaired) electrons. The molecule has 0 aliphatic rings. The van der Waals surface area contributed by atoms with Gasteiger partial charge in [0.2, 0.25) is 0 Å². The maximum absolute atomic E-state index is 5.15. The van der Waals surface area contributed by atoms with E-state index in [1.807, 2.05) is 0 Å². The zero-order valence-electron chi connectivity index (χ0n) is 62.8. The van der Waals surface area contributed by atoms with Crippen molar-refractivity contribution in [3.05, 3.63) is 300 Å². The van der Waals surface area contributed by atoms with Crippen molar-refractivity contribution in [1.82, 2.24) is 19.9 Å². The Morgan fingerprint density at radius 2 is 0.413 bits per heavy atom. The molecule has 0 unspecified atom stereocenters. The topological polar surface area (TPSA) is 64.5 Å². The maximum atomic E-state index is 5.15. The molecule has 16 aromatic rings. The van der Waals surface area contributed by atoms with Gasteiger partial charge in [-0.05, 0) is 179 Å². The summed E-state index contributed by atoms with van der Waals surface area (Å²) < 4.78 is 0. The summed E-state index contributed by atoms with van der Waals surface area (Å²) in [5, 5.41) is 10.8. The molecule has 0 bridgehead atoms. The zero-order chi connectivity index (χ0) is 72.5. The molecule has 0 saturated heterocycles. The molecule has 4 heterocycles. The zero-order valence-corrected chi connectivity index (χ0v) is 62.8. The maximum Gasteiger partial charge on any atom is 0.0723 e. The second-order valence-corrected chi connectivity index (χ2v) is 32.7. The average molecular weight is 1360 g/mol. The van der Waals surface area contributed by atoms with Crippen LogP contribution in [0.1, 0.15) is 128 Å². The van der Waals surface area contributed by atoms with Gasteiger partial charge < -0.3 is 19.6 Å². The van der Waals surface area contributed by atoms with Gasteiger partial charge in [0.15, 0.2) is 0 Å². The fraction of sp³-hybridized carbons (Fsp3) is 0.208. The molecule has 16 rings (SSSR count). The van der Waals surface area contributed by atoms with Crippen LogP contribution in [0.15, 0.2) is 255 Å². The third kappa shape index (κ3) is 11.6. The molecule has 0 fully saturated rings. The molecule has 104 heavy (non-hydrogen) atoms. The van der Waals surface area contributed by atoms with Gasteiger partial charge >= 0.3 is 0 Å². The minimum atomic E-state index is -0.0976. The van der Waals surface area contributed by atoms with Gasteiger partial charge in [-0.2, -0.15) is 0 Å². The number of anilines is 12. The number of hydrogen-bond donors (Lipinski definition) is 0. The molecule has 514 valence electrons. The van der Waals surface area contributed by atoms with E-state index in [2.05, 4.69) is 386 Å². The van der Waals surface area contributed by atoms with Crippen molar-refractivity contribution in [3.8, 4) is 0 Å². The van der Waals surface area contributed by atoms with Crippen LogP contribution in [0, 0.1) is 27.7 Å². The van der Waals surface area contributed by atoms with E-state index in [-0.39, 0.29) is 21.7 Å². The largest absolute Gasteiger partial charge is 0.309 e. The van der Waals surface area contributed by atoms with Crippen LogP contribution in [0.2, 0.25) is 0 Å². The number of benzene rings is 12. The lowest BCUT2D eigenvalue weighted by Gasteiger charge is -2.36. The number of rotatable bonds is 12. The molecule has 8 nitrogen and oxygen atoms in total. The molecule has 4 aromatic heterocycles. The molecule has 0 atom stereocenters. The third-order valence-electron chi connectivity index (χ3n) is 21.4. The first-order chi connectivity index (χ1) is 49.8. The molecule has 12 aromatic carbocycles. The highest BCUT2D eigenvalue weighted by Gasteiger charge is 2.34. The van der Waals surface area contributed by atoms with Crippen LogP contribution in [-0.2, 0) is 21.7 Å². The minimum absolute atomic E-state index is 0.0976. The van der Waals surface area contributed by atoms with Gasteiger partial charge in [0.05, 0.1) is 67.6 Å². The Morgan fingerprint density at radius 3 is 0.606 bits per heavy atom. The summed E-state index contributed by atoms with van der Waals surface area (Å²) in [4.78, 5) is 30.8. The monoisotopic (exact) mass is 1350 g/mol. The van der Waals surface area contributed by atoms with Crippen molar-refractivity contribution < 1.29 is 0 Å². The summed E-state index contributed by atoms with van der Waals surface area (Å²) in [6.45, 7) is 36.4. The van der Waals surface area contributed by atoms with Crippen molar-refractivity contribution in [1.29, 1.82) is 0 Å². The Balaban J connectivity index is 1.15. The van der Waals surface area contributed by atoms with Crippen molar-refractivity contribution >= 4 is 144 Å². The Kier molecular flexibility index (Phi) is 16.2. The van der Waals surface area contributed by atoms with Crippen molar-refractivity contribution in [3.63, 3.8) is 0 Å². The Bertz CT molecular complexity index is 5270. The Morgan fingerprint density at radius 1 is 0.221 bits per heavy atom. The predicted octanol–water partition coefficient (Wildman–Crippen LogP) is 27.1. The second kappa shape index (κ2) is 25.2. The summed E-state index contributed by atoms with van der Waals surface area (Å²) in [5.74, 6) is 0. The second-order valence-electron chi connectivity index (χ2n) is 32.7. The van der Waals surface area contributed by atoms with Gasteiger partial charge in [0, 0.05) is 101 Å². The van der Waals surface area contributed by atoms with Crippen LogP contribution in [0.3, 0.4) is 0 Å². The van der Waals surface area contributed by atoms with Gasteiger partial charge in [0.1, 0.15) is 0 Å². The van der Waals surface area contributed by atoms with E-state index in [1.54, 1.807) is 0 Å². The number of aryl methyl sites for hydroxylation is 4. The standard InChI is InChI=1S/C96H90N8/c1-59-55-97-79-29-21-17-25-71(79)89(59)101(67-41-33-63(34-42-67)93(5,6)7)83-53-84(102(68-43-35-64(36-44-68)94(8,9)10)90-60(2)56-98-80-30-22-18-26-72(80)90)76-51-52-78-86(104(70-47-39-66(40-48-70)96(14,15)16)92-62(4)58-100-82-32-24-20-28-74(82)92)54-85(77-50-49-75(83)87(76)88(77)78)103(69-45-37-65(38-46-69)95(11,12)13)91-61(3)57-99-81-31-23-19-27-73(81)91/h17-58H,1-16H3.